The highest BCUT2D eigenvalue weighted by Gasteiger charge is 2.16. The molecule has 0 aliphatic rings. The van der Waals surface area contributed by atoms with Gasteiger partial charge in [-0.1, -0.05) is 18.2 Å². The monoisotopic (exact) mass is 345 g/mol. The van der Waals surface area contributed by atoms with Gasteiger partial charge in [0.1, 0.15) is 11.5 Å². The SMILES string of the molecule is CO[C@@H](Cc1ccc(OCCCOc2cccc(N)c2)cc1)C(=O)O. The Balaban J connectivity index is 1.70. The van der Waals surface area contributed by atoms with Crippen molar-refractivity contribution in [1.82, 2.24) is 0 Å². The van der Waals surface area contributed by atoms with Crippen molar-refractivity contribution in [3.63, 3.8) is 0 Å². The minimum atomic E-state index is -0.969. The van der Waals surface area contributed by atoms with Crippen molar-refractivity contribution in [1.29, 1.82) is 0 Å². The third-order valence-electron chi connectivity index (χ3n) is 3.59. The van der Waals surface area contributed by atoms with E-state index in [-0.39, 0.29) is 0 Å². The molecule has 0 saturated heterocycles. The lowest BCUT2D eigenvalue weighted by molar-refractivity contribution is -0.148. The Morgan fingerprint density at radius 1 is 1.08 bits per heavy atom. The van der Waals surface area contributed by atoms with Crippen LogP contribution in [0.25, 0.3) is 0 Å². The van der Waals surface area contributed by atoms with Crippen LogP contribution in [0.15, 0.2) is 48.5 Å². The fourth-order valence-electron chi connectivity index (χ4n) is 2.25. The Morgan fingerprint density at radius 3 is 2.36 bits per heavy atom. The Bertz CT molecular complexity index is 672. The smallest absolute Gasteiger partial charge is 0.333 e. The van der Waals surface area contributed by atoms with Gasteiger partial charge in [0, 0.05) is 31.7 Å². The van der Waals surface area contributed by atoms with Crippen molar-refractivity contribution < 1.29 is 24.1 Å². The molecule has 0 unspecified atom stereocenters. The molecule has 25 heavy (non-hydrogen) atoms. The minimum absolute atomic E-state index is 0.320. The van der Waals surface area contributed by atoms with Gasteiger partial charge in [-0.15, -0.1) is 0 Å². The molecule has 0 spiro atoms. The van der Waals surface area contributed by atoms with E-state index in [0.29, 0.717) is 25.3 Å². The summed E-state index contributed by atoms with van der Waals surface area (Å²) in [4.78, 5) is 11.0. The molecular formula is C19H23NO5. The van der Waals surface area contributed by atoms with Gasteiger partial charge >= 0.3 is 5.97 Å². The molecule has 0 amide bonds. The molecule has 0 aromatic heterocycles. The number of nitrogen functional groups attached to an aromatic ring is 1. The van der Waals surface area contributed by atoms with Crippen LogP contribution in [0.5, 0.6) is 11.5 Å². The van der Waals surface area contributed by atoms with Crippen molar-refractivity contribution in [2.24, 2.45) is 0 Å². The number of ether oxygens (including phenoxy) is 3. The van der Waals surface area contributed by atoms with Gasteiger partial charge in [0.05, 0.1) is 13.2 Å². The standard InChI is InChI=1S/C19H23NO5/c1-23-18(19(21)22)12-14-6-8-16(9-7-14)24-10-3-11-25-17-5-2-4-15(20)13-17/h2,4-9,13,18H,3,10-12,20H2,1H3,(H,21,22)/t18-/m0/s1. The number of anilines is 1. The molecular weight excluding hydrogens is 322 g/mol. The predicted octanol–water partition coefficient (Wildman–Crippen LogP) is 2.76. The van der Waals surface area contributed by atoms with Gasteiger partial charge in [0.15, 0.2) is 6.10 Å². The second kappa shape index (κ2) is 9.54. The summed E-state index contributed by atoms with van der Waals surface area (Å²) in [5.74, 6) is 0.510. The zero-order valence-corrected chi connectivity index (χ0v) is 14.2. The molecule has 0 heterocycles. The first-order valence-electron chi connectivity index (χ1n) is 8.04. The van der Waals surface area contributed by atoms with Crippen LogP contribution >= 0.6 is 0 Å². The quantitative estimate of drug-likeness (QED) is 0.508. The van der Waals surface area contributed by atoms with Crippen molar-refractivity contribution in [3.8, 4) is 11.5 Å². The third-order valence-corrected chi connectivity index (χ3v) is 3.59. The average molecular weight is 345 g/mol. The lowest BCUT2D eigenvalue weighted by Gasteiger charge is -2.11. The largest absolute Gasteiger partial charge is 0.493 e. The van der Waals surface area contributed by atoms with Crippen molar-refractivity contribution in [2.75, 3.05) is 26.1 Å². The Labute approximate surface area is 147 Å². The van der Waals surface area contributed by atoms with Crippen molar-refractivity contribution in [2.45, 2.75) is 18.9 Å². The molecule has 0 fully saturated rings. The summed E-state index contributed by atoms with van der Waals surface area (Å²) in [7, 11) is 1.39. The summed E-state index contributed by atoms with van der Waals surface area (Å²) in [6.07, 6.45) is 0.220. The maximum absolute atomic E-state index is 11.0. The number of carbonyl (C=O) groups is 1. The molecule has 0 bridgehead atoms. The van der Waals surface area contributed by atoms with E-state index >= 15 is 0 Å². The van der Waals surface area contributed by atoms with Crippen LogP contribution in [-0.2, 0) is 16.0 Å². The van der Waals surface area contributed by atoms with Crippen LogP contribution < -0.4 is 15.2 Å². The van der Waals surface area contributed by atoms with Gasteiger partial charge in [0.2, 0.25) is 0 Å². The summed E-state index contributed by atoms with van der Waals surface area (Å²) in [5, 5.41) is 8.98. The normalized spacial score (nSPS) is 11.7. The second-order valence-electron chi connectivity index (χ2n) is 5.53. The Hall–Kier alpha value is -2.73. The summed E-state index contributed by atoms with van der Waals surface area (Å²) < 4.78 is 16.2. The topological polar surface area (TPSA) is 91.0 Å². The zero-order chi connectivity index (χ0) is 18.1. The number of carboxylic acids is 1. The minimum Gasteiger partial charge on any atom is -0.493 e. The van der Waals surface area contributed by atoms with E-state index in [1.54, 1.807) is 6.07 Å². The number of aliphatic carboxylic acids is 1. The van der Waals surface area contributed by atoms with Gasteiger partial charge in [-0.05, 0) is 29.8 Å². The maximum atomic E-state index is 11.0. The number of hydrogen-bond acceptors (Lipinski definition) is 5. The van der Waals surface area contributed by atoms with Gasteiger partial charge in [-0.3, -0.25) is 0 Å². The lowest BCUT2D eigenvalue weighted by atomic mass is 10.1. The number of carboxylic acid groups (broad SMARTS) is 1. The molecule has 0 radical (unpaired) electrons. The van der Waals surface area contributed by atoms with Crippen LogP contribution in [0.4, 0.5) is 5.69 Å². The van der Waals surface area contributed by atoms with E-state index < -0.39 is 12.1 Å². The number of methoxy groups -OCH3 is 1. The highest BCUT2D eigenvalue weighted by molar-refractivity contribution is 5.72. The lowest BCUT2D eigenvalue weighted by Crippen LogP contribution is -2.24. The third kappa shape index (κ3) is 6.35. The van der Waals surface area contributed by atoms with Gasteiger partial charge in [-0.25, -0.2) is 4.79 Å². The molecule has 2 aromatic carbocycles. The average Bonchev–Trinajstić information content (AvgIpc) is 2.60. The van der Waals surface area contributed by atoms with E-state index in [9.17, 15) is 4.79 Å². The summed E-state index contributed by atoms with van der Waals surface area (Å²) in [6.45, 7) is 1.06. The molecule has 0 aliphatic heterocycles. The molecule has 1 atom stereocenters. The highest BCUT2D eigenvalue weighted by atomic mass is 16.5. The fourth-order valence-corrected chi connectivity index (χ4v) is 2.25. The molecule has 0 aliphatic carbocycles. The van der Waals surface area contributed by atoms with Crippen LogP contribution in [-0.4, -0.2) is 37.5 Å². The summed E-state index contributed by atoms with van der Waals surface area (Å²) >= 11 is 0. The number of hydrogen-bond donors (Lipinski definition) is 2. The number of benzene rings is 2. The molecule has 6 heteroatoms. The Morgan fingerprint density at radius 2 is 1.76 bits per heavy atom. The van der Waals surface area contributed by atoms with Crippen molar-refractivity contribution >= 4 is 11.7 Å². The number of rotatable bonds is 10. The first kappa shape index (κ1) is 18.6. The van der Waals surface area contributed by atoms with Crippen LogP contribution in [0.2, 0.25) is 0 Å². The van der Waals surface area contributed by atoms with E-state index in [0.717, 1.165) is 23.5 Å². The fraction of sp³-hybridized carbons (Fsp3) is 0.316. The molecule has 3 N–H and O–H groups in total. The zero-order valence-electron chi connectivity index (χ0n) is 14.2. The van der Waals surface area contributed by atoms with Crippen LogP contribution in [0.3, 0.4) is 0 Å². The second-order valence-corrected chi connectivity index (χ2v) is 5.53. The summed E-state index contributed by atoms with van der Waals surface area (Å²) in [5.41, 5.74) is 7.24. The van der Waals surface area contributed by atoms with Gasteiger partial charge in [-0.2, -0.15) is 0 Å². The van der Waals surface area contributed by atoms with Gasteiger partial charge in [0.25, 0.3) is 0 Å². The van der Waals surface area contributed by atoms with Gasteiger partial charge < -0.3 is 25.1 Å². The van der Waals surface area contributed by atoms with Crippen LogP contribution in [0.1, 0.15) is 12.0 Å². The first-order chi connectivity index (χ1) is 12.1. The molecule has 2 rings (SSSR count). The summed E-state index contributed by atoms with van der Waals surface area (Å²) in [6, 6.07) is 14.6. The Kier molecular flexibility index (Phi) is 7.10. The van der Waals surface area contributed by atoms with Crippen LogP contribution in [0, 0.1) is 0 Å². The molecule has 0 saturated carbocycles. The first-order valence-corrected chi connectivity index (χ1v) is 8.04. The van der Waals surface area contributed by atoms with E-state index in [2.05, 4.69) is 0 Å². The predicted molar refractivity (Wildman–Crippen MR) is 95.0 cm³/mol. The highest BCUT2D eigenvalue weighted by Crippen LogP contribution is 2.16. The maximum Gasteiger partial charge on any atom is 0.333 e. The molecule has 2 aromatic rings. The number of nitrogens with two attached hydrogens (primary N) is 1. The van der Waals surface area contributed by atoms with E-state index in [1.165, 1.54) is 7.11 Å². The molecule has 6 nitrogen and oxygen atoms in total. The van der Waals surface area contributed by atoms with E-state index in [4.69, 9.17) is 25.1 Å². The van der Waals surface area contributed by atoms with Crippen molar-refractivity contribution in [3.05, 3.63) is 54.1 Å². The molecule has 134 valence electrons. The van der Waals surface area contributed by atoms with E-state index in [1.807, 2.05) is 42.5 Å².